The van der Waals surface area contributed by atoms with Crippen LogP contribution in [0.2, 0.25) is 0 Å². The summed E-state index contributed by atoms with van der Waals surface area (Å²) in [6.07, 6.45) is 3.16. The molecule has 0 spiro atoms. The molecule has 2 heterocycles. The fourth-order valence-electron chi connectivity index (χ4n) is 2.79. The second kappa shape index (κ2) is 6.28. The van der Waals surface area contributed by atoms with Crippen molar-refractivity contribution in [2.24, 2.45) is 0 Å². The third kappa shape index (κ3) is 4.07. The Morgan fingerprint density at radius 3 is 2.75 bits per heavy atom. The topological polar surface area (TPSA) is 71.3 Å². The maximum absolute atomic E-state index is 12.2. The summed E-state index contributed by atoms with van der Waals surface area (Å²) >= 11 is 0. The highest BCUT2D eigenvalue weighted by Gasteiger charge is 2.24. The Bertz CT molecular complexity index is 545. The summed E-state index contributed by atoms with van der Waals surface area (Å²) < 4.78 is 32.6. The SMILES string of the molecule is Cc1cc(C(C)NS(=O)(=O)CC2CCCCN2)c(C)o1. The monoisotopic (exact) mass is 300 g/mol. The summed E-state index contributed by atoms with van der Waals surface area (Å²) in [5.74, 6) is 1.72. The van der Waals surface area contributed by atoms with Gasteiger partial charge in [-0.25, -0.2) is 13.1 Å². The van der Waals surface area contributed by atoms with Crippen LogP contribution in [0.4, 0.5) is 0 Å². The van der Waals surface area contributed by atoms with Crippen LogP contribution in [-0.2, 0) is 10.0 Å². The Morgan fingerprint density at radius 1 is 1.45 bits per heavy atom. The van der Waals surface area contributed by atoms with Crippen LogP contribution in [-0.4, -0.2) is 26.8 Å². The molecule has 1 fully saturated rings. The molecule has 5 nitrogen and oxygen atoms in total. The van der Waals surface area contributed by atoms with Crippen LogP contribution in [0, 0.1) is 13.8 Å². The van der Waals surface area contributed by atoms with E-state index in [1.807, 2.05) is 26.8 Å². The van der Waals surface area contributed by atoms with E-state index in [4.69, 9.17) is 4.42 Å². The molecule has 2 rings (SSSR count). The highest BCUT2D eigenvalue weighted by Crippen LogP contribution is 2.22. The zero-order chi connectivity index (χ0) is 14.8. The highest BCUT2D eigenvalue weighted by molar-refractivity contribution is 7.89. The van der Waals surface area contributed by atoms with Gasteiger partial charge in [-0.1, -0.05) is 6.42 Å². The number of sulfonamides is 1. The first-order chi connectivity index (χ1) is 9.37. The van der Waals surface area contributed by atoms with Crippen molar-refractivity contribution < 1.29 is 12.8 Å². The van der Waals surface area contributed by atoms with E-state index in [9.17, 15) is 8.42 Å². The van der Waals surface area contributed by atoms with E-state index in [2.05, 4.69) is 10.0 Å². The van der Waals surface area contributed by atoms with Gasteiger partial charge in [-0.15, -0.1) is 0 Å². The summed E-state index contributed by atoms with van der Waals surface area (Å²) in [7, 11) is -3.29. The lowest BCUT2D eigenvalue weighted by Gasteiger charge is -2.24. The van der Waals surface area contributed by atoms with E-state index in [0.29, 0.717) is 0 Å². The molecule has 1 aliphatic rings. The van der Waals surface area contributed by atoms with Gasteiger partial charge in [-0.3, -0.25) is 0 Å². The fraction of sp³-hybridized carbons (Fsp3) is 0.714. The molecule has 2 atom stereocenters. The summed E-state index contributed by atoms with van der Waals surface area (Å²) in [6.45, 7) is 6.48. The number of furan rings is 1. The Labute approximate surface area is 121 Å². The van der Waals surface area contributed by atoms with Gasteiger partial charge in [0.25, 0.3) is 0 Å². The number of aryl methyl sites for hydroxylation is 2. The number of nitrogens with one attached hydrogen (secondary N) is 2. The Hall–Kier alpha value is -0.850. The molecule has 2 N–H and O–H groups in total. The zero-order valence-corrected chi connectivity index (χ0v) is 13.2. The van der Waals surface area contributed by atoms with E-state index < -0.39 is 10.0 Å². The van der Waals surface area contributed by atoms with Crippen LogP contribution in [0.25, 0.3) is 0 Å². The van der Waals surface area contributed by atoms with E-state index in [-0.39, 0.29) is 17.8 Å². The minimum atomic E-state index is -3.29. The first-order valence-electron chi connectivity index (χ1n) is 7.18. The Balaban J connectivity index is 1.98. The largest absolute Gasteiger partial charge is 0.466 e. The third-order valence-electron chi connectivity index (χ3n) is 3.74. The molecule has 2 unspecified atom stereocenters. The molecule has 0 aliphatic carbocycles. The minimum Gasteiger partial charge on any atom is -0.466 e. The van der Waals surface area contributed by atoms with Crippen molar-refractivity contribution in [3.05, 3.63) is 23.2 Å². The number of hydrogen-bond acceptors (Lipinski definition) is 4. The zero-order valence-electron chi connectivity index (χ0n) is 12.4. The molecule has 114 valence electrons. The number of rotatable bonds is 5. The first-order valence-corrected chi connectivity index (χ1v) is 8.83. The van der Waals surface area contributed by atoms with Crippen molar-refractivity contribution in [2.45, 2.75) is 52.1 Å². The second-order valence-corrected chi connectivity index (χ2v) is 7.43. The predicted molar refractivity (Wildman–Crippen MR) is 79.2 cm³/mol. The maximum Gasteiger partial charge on any atom is 0.213 e. The summed E-state index contributed by atoms with van der Waals surface area (Å²) in [5, 5.41) is 3.27. The van der Waals surface area contributed by atoms with E-state index >= 15 is 0 Å². The molecule has 0 radical (unpaired) electrons. The molecule has 0 saturated carbocycles. The van der Waals surface area contributed by atoms with Crippen molar-refractivity contribution in [1.29, 1.82) is 0 Å². The summed E-state index contributed by atoms with van der Waals surface area (Å²) in [6, 6.07) is 1.70. The third-order valence-corrected chi connectivity index (χ3v) is 5.29. The Morgan fingerprint density at radius 2 is 2.20 bits per heavy atom. The smallest absolute Gasteiger partial charge is 0.213 e. The predicted octanol–water partition coefficient (Wildman–Crippen LogP) is 2.02. The molecule has 20 heavy (non-hydrogen) atoms. The molecule has 6 heteroatoms. The molecule has 1 aromatic heterocycles. The molecule has 0 aromatic carbocycles. The van der Waals surface area contributed by atoms with Crippen molar-refractivity contribution in [1.82, 2.24) is 10.0 Å². The molecule has 0 amide bonds. The van der Waals surface area contributed by atoms with Gasteiger partial charge in [-0.2, -0.15) is 0 Å². The van der Waals surface area contributed by atoms with E-state index in [1.165, 1.54) is 0 Å². The van der Waals surface area contributed by atoms with Crippen LogP contribution >= 0.6 is 0 Å². The van der Waals surface area contributed by atoms with Crippen LogP contribution < -0.4 is 10.0 Å². The fourth-order valence-corrected chi connectivity index (χ4v) is 4.37. The molecule has 0 bridgehead atoms. The quantitative estimate of drug-likeness (QED) is 0.872. The van der Waals surface area contributed by atoms with Gasteiger partial charge in [0.15, 0.2) is 0 Å². The molecule has 1 saturated heterocycles. The number of hydrogen-bond donors (Lipinski definition) is 2. The minimum absolute atomic E-state index is 0.0700. The van der Waals surface area contributed by atoms with E-state index in [0.717, 1.165) is 42.9 Å². The summed E-state index contributed by atoms with van der Waals surface area (Å²) in [5.41, 5.74) is 0.905. The van der Waals surface area contributed by atoms with Gasteiger partial charge in [0.1, 0.15) is 11.5 Å². The van der Waals surface area contributed by atoms with Crippen LogP contribution in [0.1, 0.15) is 49.3 Å². The van der Waals surface area contributed by atoms with Crippen molar-refractivity contribution in [2.75, 3.05) is 12.3 Å². The average molecular weight is 300 g/mol. The molecule has 1 aliphatic heterocycles. The standard InChI is InChI=1S/C14H24N2O3S/c1-10-8-14(12(3)19-10)11(2)16-20(17,18)9-13-6-4-5-7-15-13/h8,11,13,15-16H,4-7,9H2,1-3H3. The van der Waals surface area contributed by atoms with Gasteiger partial charge in [0.2, 0.25) is 10.0 Å². The molecular formula is C14H24N2O3S. The lowest BCUT2D eigenvalue weighted by Crippen LogP contribution is -2.43. The van der Waals surface area contributed by atoms with Gasteiger partial charge >= 0.3 is 0 Å². The normalized spacial score (nSPS) is 21.9. The Kier molecular flexibility index (Phi) is 4.88. The van der Waals surface area contributed by atoms with Gasteiger partial charge < -0.3 is 9.73 Å². The average Bonchev–Trinajstić information content (AvgIpc) is 2.68. The second-order valence-electron chi connectivity index (χ2n) is 5.64. The lowest BCUT2D eigenvalue weighted by molar-refractivity contribution is 0.421. The van der Waals surface area contributed by atoms with Crippen LogP contribution in [0.5, 0.6) is 0 Å². The van der Waals surface area contributed by atoms with Crippen molar-refractivity contribution in [3.63, 3.8) is 0 Å². The van der Waals surface area contributed by atoms with Crippen LogP contribution in [0.3, 0.4) is 0 Å². The number of piperidine rings is 1. The molecular weight excluding hydrogens is 276 g/mol. The first kappa shape index (κ1) is 15.5. The van der Waals surface area contributed by atoms with Crippen molar-refractivity contribution in [3.8, 4) is 0 Å². The molecule has 1 aromatic rings. The van der Waals surface area contributed by atoms with Crippen molar-refractivity contribution >= 4 is 10.0 Å². The van der Waals surface area contributed by atoms with E-state index in [1.54, 1.807) is 0 Å². The maximum atomic E-state index is 12.2. The van der Waals surface area contributed by atoms with Crippen LogP contribution in [0.15, 0.2) is 10.5 Å². The van der Waals surface area contributed by atoms with Gasteiger partial charge in [-0.05, 0) is 46.2 Å². The summed E-state index contributed by atoms with van der Waals surface area (Å²) in [4.78, 5) is 0. The van der Waals surface area contributed by atoms with Gasteiger partial charge in [0, 0.05) is 17.6 Å². The highest BCUT2D eigenvalue weighted by atomic mass is 32.2. The van der Waals surface area contributed by atoms with Gasteiger partial charge in [0.05, 0.1) is 5.75 Å². The lowest BCUT2D eigenvalue weighted by atomic mass is 10.1.